The average Bonchev–Trinajstić information content (AvgIpc) is 3.07. The highest BCUT2D eigenvalue weighted by Gasteiger charge is 2.57. The fourth-order valence-corrected chi connectivity index (χ4v) is 3.09. The molecule has 0 spiro atoms. The third-order valence-corrected chi connectivity index (χ3v) is 5.02. The number of aliphatic hydroxyl groups is 10. The minimum Gasteiger partial charge on any atom is -0.394 e. The molecule has 168 valence electrons. The predicted octanol–water partition coefficient (Wildman–Crippen LogP) is -4.88. The summed E-state index contributed by atoms with van der Waals surface area (Å²) in [6.45, 7) is 2.13. The monoisotopic (exact) mass is 416 g/mol. The molecule has 12 nitrogen and oxygen atoms in total. The van der Waals surface area contributed by atoms with Gasteiger partial charge in [0.15, 0.2) is 0 Å². The lowest BCUT2D eigenvalue weighted by molar-refractivity contribution is -0.278. The first kappa shape index (κ1) is 25.6. The molecule has 0 aliphatic carbocycles. The maximum atomic E-state index is 9.71. The summed E-state index contributed by atoms with van der Waals surface area (Å²) in [6.07, 6.45) is -10.4. The van der Waals surface area contributed by atoms with Crippen molar-refractivity contribution in [1.29, 1.82) is 0 Å². The SMILES string of the molecule is CCC(O)[C@]1(O)O[C@H](CO)[C@@H](O)[C@@H]1O.CCC(O)[C@]1(O)O[C@H](CO)[C@@H](O)[C@@H]1O. The van der Waals surface area contributed by atoms with Crippen molar-refractivity contribution in [2.45, 2.75) is 87.1 Å². The first-order valence-corrected chi connectivity index (χ1v) is 9.04. The Balaban J connectivity index is 0.000000280. The van der Waals surface area contributed by atoms with Gasteiger partial charge in [-0.3, -0.25) is 0 Å². The van der Waals surface area contributed by atoms with E-state index in [1.165, 1.54) is 0 Å². The van der Waals surface area contributed by atoms with Crippen LogP contribution in [0.5, 0.6) is 0 Å². The molecule has 2 aliphatic rings. The van der Waals surface area contributed by atoms with Gasteiger partial charge in [0.25, 0.3) is 0 Å². The molecule has 0 saturated carbocycles. The van der Waals surface area contributed by atoms with Gasteiger partial charge in [0.05, 0.1) is 13.2 Å². The minimum atomic E-state index is -2.19. The molecular weight excluding hydrogens is 384 g/mol. The third kappa shape index (κ3) is 4.64. The van der Waals surface area contributed by atoms with Gasteiger partial charge in [-0.1, -0.05) is 13.8 Å². The van der Waals surface area contributed by atoms with E-state index in [9.17, 15) is 40.9 Å². The highest BCUT2D eigenvalue weighted by atomic mass is 16.7. The van der Waals surface area contributed by atoms with Crippen molar-refractivity contribution in [1.82, 2.24) is 0 Å². The van der Waals surface area contributed by atoms with Crippen molar-refractivity contribution < 1.29 is 60.5 Å². The lowest BCUT2D eigenvalue weighted by Gasteiger charge is -2.30. The molecule has 10 atom stereocenters. The summed E-state index contributed by atoms with van der Waals surface area (Å²) in [4.78, 5) is 0. The van der Waals surface area contributed by atoms with E-state index in [-0.39, 0.29) is 12.8 Å². The van der Waals surface area contributed by atoms with Gasteiger partial charge in [0.2, 0.25) is 11.6 Å². The van der Waals surface area contributed by atoms with E-state index >= 15 is 0 Å². The van der Waals surface area contributed by atoms with Gasteiger partial charge in [0.1, 0.15) is 48.8 Å². The Morgan fingerprint density at radius 1 is 0.714 bits per heavy atom. The van der Waals surface area contributed by atoms with Crippen LogP contribution in [0.3, 0.4) is 0 Å². The van der Waals surface area contributed by atoms with Crippen LogP contribution >= 0.6 is 0 Å². The van der Waals surface area contributed by atoms with E-state index in [0.29, 0.717) is 0 Å². The van der Waals surface area contributed by atoms with E-state index in [0.717, 1.165) is 0 Å². The van der Waals surface area contributed by atoms with Crippen LogP contribution in [-0.2, 0) is 9.47 Å². The van der Waals surface area contributed by atoms with E-state index in [1.54, 1.807) is 13.8 Å². The van der Waals surface area contributed by atoms with Crippen LogP contribution in [0.4, 0.5) is 0 Å². The average molecular weight is 416 g/mol. The summed E-state index contributed by atoms with van der Waals surface area (Å²) >= 11 is 0. The van der Waals surface area contributed by atoms with E-state index in [2.05, 4.69) is 0 Å². The van der Waals surface area contributed by atoms with Crippen LogP contribution < -0.4 is 0 Å². The minimum absolute atomic E-state index is 0.165. The Hall–Kier alpha value is -0.480. The van der Waals surface area contributed by atoms with Crippen LogP contribution in [0.1, 0.15) is 26.7 Å². The second-order valence-electron chi connectivity index (χ2n) is 6.90. The van der Waals surface area contributed by atoms with Crippen LogP contribution in [0.15, 0.2) is 0 Å². The maximum Gasteiger partial charge on any atom is 0.222 e. The molecule has 0 aromatic heterocycles. The zero-order chi connectivity index (χ0) is 21.9. The van der Waals surface area contributed by atoms with Crippen LogP contribution in [0, 0.1) is 0 Å². The highest BCUT2D eigenvalue weighted by molar-refractivity contribution is 4.99. The molecule has 2 aliphatic heterocycles. The summed E-state index contributed by atoms with van der Waals surface area (Å²) in [5.74, 6) is -4.39. The smallest absolute Gasteiger partial charge is 0.222 e. The van der Waals surface area contributed by atoms with E-state index in [4.69, 9.17) is 19.7 Å². The number of hydrogen-bond donors (Lipinski definition) is 10. The molecule has 2 fully saturated rings. The highest BCUT2D eigenvalue weighted by Crippen LogP contribution is 2.33. The van der Waals surface area contributed by atoms with Gasteiger partial charge in [-0.25, -0.2) is 0 Å². The molecular formula is C16H32O12. The van der Waals surface area contributed by atoms with Gasteiger partial charge >= 0.3 is 0 Å². The van der Waals surface area contributed by atoms with E-state index in [1.807, 2.05) is 0 Å². The van der Waals surface area contributed by atoms with Gasteiger partial charge in [-0.2, -0.15) is 0 Å². The molecule has 2 heterocycles. The second-order valence-corrected chi connectivity index (χ2v) is 6.90. The van der Waals surface area contributed by atoms with Crippen molar-refractivity contribution in [3.63, 3.8) is 0 Å². The number of ether oxygens (including phenoxy) is 2. The van der Waals surface area contributed by atoms with Crippen LogP contribution in [-0.4, -0.2) is 125 Å². The Morgan fingerprint density at radius 2 is 1.00 bits per heavy atom. The molecule has 28 heavy (non-hydrogen) atoms. The zero-order valence-electron chi connectivity index (χ0n) is 15.7. The van der Waals surface area contributed by atoms with Gasteiger partial charge in [0, 0.05) is 0 Å². The number of rotatable bonds is 6. The quantitative estimate of drug-likeness (QED) is 0.197. The fraction of sp³-hybridized carbons (Fsp3) is 1.00. The largest absolute Gasteiger partial charge is 0.394 e. The van der Waals surface area contributed by atoms with Gasteiger partial charge in [-0.15, -0.1) is 0 Å². The van der Waals surface area contributed by atoms with Crippen molar-refractivity contribution in [3.8, 4) is 0 Å². The van der Waals surface area contributed by atoms with Crippen molar-refractivity contribution in [3.05, 3.63) is 0 Å². The molecule has 10 N–H and O–H groups in total. The summed E-state index contributed by atoms with van der Waals surface area (Å²) in [7, 11) is 0. The number of aliphatic hydroxyl groups excluding tert-OH is 8. The molecule has 0 aromatic carbocycles. The Morgan fingerprint density at radius 3 is 1.18 bits per heavy atom. The third-order valence-electron chi connectivity index (χ3n) is 5.02. The zero-order valence-corrected chi connectivity index (χ0v) is 15.7. The van der Waals surface area contributed by atoms with Gasteiger partial charge < -0.3 is 60.5 Å². The summed E-state index contributed by atoms with van der Waals surface area (Å²) in [5.41, 5.74) is 0. The second kappa shape index (κ2) is 10.0. The molecule has 2 rings (SSSR count). The first-order chi connectivity index (χ1) is 12.9. The van der Waals surface area contributed by atoms with E-state index < -0.39 is 73.6 Å². The maximum absolute atomic E-state index is 9.71. The fourth-order valence-electron chi connectivity index (χ4n) is 3.09. The lowest BCUT2D eigenvalue weighted by Crippen LogP contribution is -2.52. The van der Waals surface area contributed by atoms with Crippen LogP contribution in [0.2, 0.25) is 0 Å². The van der Waals surface area contributed by atoms with Crippen molar-refractivity contribution in [2.75, 3.05) is 13.2 Å². The Kier molecular flexibility index (Phi) is 9.14. The summed E-state index contributed by atoms with van der Waals surface area (Å²) in [5, 5.41) is 93.2. The standard InChI is InChI=1S/2C8H16O6/c2*1-2-5(10)8(13)7(12)6(11)4(3-9)14-8/h2*4-7,9-13H,2-3H2,1H3/t2*4-,5?,6-,7+,8+/m11/s1. The van der Waals surface area contributed by atoms with Crippen LogP contribution in [0.25, 0.3) is 0 Å². The Bertz CT molecular complexity index is 435. The summed E-state index contributed by atoms with van der Waals surface area (Å²) < 4.78 is 9.66. The topological polar surface area (TPSA) is 221 Å². The van der Waals surface area contributed by atoms with Crippen molar-refractivity contribution in [2.24, 2.45) is 0 Å². The predicted molar refractivity (Wildman–Crippen MR) is 90.4 cm³/mol. The molecule has 0 bridgehead atoms. The van der Waals surface area contributed by atoms with Gasteiger partial charge in [-0.05, 0) is 12.8 Å². The molecule has 0 amide bonds. The normalized spacial score (nSPS) is 45.4. The molecule has 2 saturated heterocycles. The molecule has 2 unspecified atom stereocenters. The number of hydrogen-bond acceptors (Lipinski definition) is 12. The Labute approximate surface area is 161 Å². The van der Waals surface area contributed by atoms with Crippen molar-refractivity contribution >= 4 is 0 Å². The summed E-state index contributed by atoms with van der Waals surface area (Å²) in [6, 6.07) is 0. The molecule has 12 heteroatoms. The molecule has 0 radical (unpaired) electrons. The molecule has 0 aromatic rings. The first-order valence-electron chi connectivity index (χ1n) is 9.04. The lowest BCUT2D eigenvalue weighted by atomic mass is 9.99.